The highest BCUT2D eigenvalue weighted by Gasteiger charge is 2.08. The van der Waals surface area contributed by atoms with E-state index in [1.165, 1.54) is 0 Å². The number of nitrogens with zero attached hydrogens (tertiary/aromatic N) is 1. The van der Waals surface area contributed by atoms with E-state index >= 15 is 0 Å². The fourth-order valence-electron chi connectivity index (χ4n) is 1.70. The summed E-state index contributed by atoms with van der Waals surface area (Å²) in [5.41, 5.74) is 0.969. The molecule has 0 spiro atoms. The molecule has 3 heteroatoms. The molecule has 0 bridgehead atoms. The Balaban J connectivity index is 2.26. The van der Waals surface area contributed by atoms with Gasteiger partial charge in [0.1, 0.15) is 0 Å². The third-order valence-corrected chi connectivity index (χ3v) is 2.90. The van der Waals surface area contributed by atoms with E-state index in [1.54, 1.807) is 6.92 Å². The van der Waals surface area contributed by atoms with Gasteiger partial charge in [0.2, 0.25) is 0 Å². The van der Waals surface area contributed by atoms with Crippen LogP contribution in [-0.2, 0) is 0 Å². The maximum atomic E-state index is 9.97. The topological polar surface area (TPSA) is 43.7 Å². The average Bonchev–Trinajstić information content (AvgIpc) is 2.34. The van der Waals surface area contributed by atoms with E-state index in [9.17, 15) is 10.2 Å². The van der Waals surface area contributed by atoms with E-state index in [1.807, 2.05) is 37.4 Å². The Morgan fingerprint density at radius 3 is 2.24 bits per heavy atom. The van der Waals surface area contributed by atoms with Crippen molar-refractivity contribution in [2.75, 3.05) is 20.1 Å². The maximum Gasteiger partial charge on any atom is 0.0802 e. The molecule has 2 N–H and O–H groups in total. The molecule has 0 aromatic heterocycles. The molecule has 2 unspecified atom stereocenters. The standard InChI is InChI=1S/C14H23NO2/c1-12(16)8-10-15(2)11-9-14(17)13-6-4-3-5-7-13/h3-7,12,14,16-17H,8-11H2,1-2H3. The quantitative estimate of drug-likeness (QED) is 0.760. The Hall–Kier alpha value is -0.900. The zero-order valence-electron chi connectivity index (χ0n) is 10.7. The summed E-state index contributed by atoms with van der Waals surface area (Å²) in [4.78, 5) is 2.14. The van der Waals surface area contributed by atoms with Crippen LogP contribution in [0.4, 0.5) is 0 Å². The van der Waals surface area contributed by atoms with Gasteiger partial charge in [-0.25, -0.2) is 0 Å². The third-order valence-electron chi connectivity index (χ3n) is 2.90. The van der Waals surface area contributed by atoms with Gasteiger partial charge in [-0.3, -0.25) is 0 Å². The first-order chi connectivity index (χ1) is 8.09. The first-order valence-corrected chi connectivity index (χ1v) is 6.19. The van der Waals surface area contributed by atoms with Gasteiger partial charge in [0.05, 0.1) is 12.2 Å². The molecule has 0 heterocycles. The normalized spacial score (nSPS) is 14.9. The smallest absolute Gasteiger partial charge is 0.0802 e. The van der Waals surface area contributed by atoms with E-state index in [4.69, 9.17) is 0 Å². The summed E-state index contributed by atoms with van der Waals surface area (Å²) >= 11 is 0. The van der Waals surface area contributed by atoms with Crippen LogP contribution in [0.15, 0.2) is 30.3 Å². The first kappa shape index (κ1) is 14.2. The molecular weight excluding hydrogens is 214 g/mol. The number of aliphatic hydroxyl groups is 2. The van der Waals surface area contributed by atoms with Crippen molar-refractivity contribution in [3.05, 3.63) is 35.9 Å². The van der Waals surface area contributed by atoms with E-state index < -0.39 is 6.10 Å². The second-order valence-electron chi connectivity index (χ2n) is 4.66. The zero-order chi connectivity index (χ0) is 12.7. The van der Waals surface area contributed by atoms with E-state index in [0.29, 0.717) is 0 Å². The molecule has 0 saturated carbocycles. The van der Waals surface area contributed by atoms with Crippen LogP contribution in [0.2, 0.25) is 0 Å². The molecule has 1 rings (SSSR count). The predicted molar refractivity (Wildman–Crippen MR) is 69.8 cm³/mol. The lowest BCUT2D eigenvalue weighted by molar-refractivity contribution is 0.136. The summed E-state index contributed by atoms with van der Waals surface area (Å²) in [6, 6.07) is 9.72. The van der Waals surface area contributed by atoms with Crippen LogP contribution in [-0.4, -0.2) is 41.4 Å². The second kappa shape index (κ2) is 7.43. The van der Waals surface area contributed by atoms with Crippen molar-refractivity contribution in [1.29, 1.82) is 0 Å². The maximum absolute atomic E-state index is 9.97. The lowest BCUT2D eigenvalue weighted by Gasteiger charge is -2.19. The monoisotopic (exact) mass is 237 g/mol. The summed E-state index contributed by atoms with van der Waals surface area (Å²) < 4.78 is 0. The highest BCUT2D eigenvalue weighted by molar-refractivity contribution is 5.17. The van der Waals surface area contributed by atoms with Crippen LogP contribution in [0.1, 0.15) is 31.4 Å². The number of hydrogen-bond donors (Lipinski definition) is 2. The van der Waals surface area contributed by atoms with Gasteiger partial charge in [-0.2, -0.15) is 0 Å². The Bertz CT molecular complexity index is 300. The number of benzene rings is 1. The Morgan fingerprint density at radius 1 is 1.06 bits per heavy atom. The van der Waals surface area contributed by atoms with Crippen molar-refractivity contribution in [3.8, 4) is 0 Å². The Morgan fingerprint density at radius 2 is 1.65 bits per heavy atom. The third kappa shape index (κ3) is 5.82. The number of rotatable bonds is 7. The van der Waals surface area contributed by atoms with E-state index in [-0.39, 0.29) is 6.10 Å². The lowest BCUT2D eigenvalue weighted by atomic mass is 10.1. The Labute approximate surface area is 104 Å². The second-order valence-corrected chi connectivity index (χ2v) is 4.66. The van der Waals surface area contributed by atoms with E-state index in [2.05, 4.69) is 4.90 Å². The van der Waals surface area contributed by atoms with Crippen LogP contribution < -0.4 is 0 Å². The van der Waals surface area contributed by atoms with Gasteiger partial charge in [0.15, 0.2) is 0 Å². The molecule has 96 valence electrons. The van der Waals surface area contributed by atoms with E-state index in [0.717, 1.165) is 31.5 Å². The summed E-state index contributed by atoms with van der Waals surface area (Å²) in [5, 5.41) is 19.2. The molecule has 2 atom stereocenters. The average molecular weight is 237 g/mol. The molecular formula is C14H23NO2. The van der Waals surface area contributed by atoms with Crippen molar-refractivity contribution in [2.24, 2.45) is 0 Å². The van der Waals surface area contributed by atoms with Crippen LogP contribution in [0.3, 0.4) is 0 Å². The molecule has 0 aliphatic rings. The zero-order valence-corrected chi connectivity index (χ0v) is 10.7. The number of hydrogen-bond acceptors (Lipinski definition) is 3. The lowest BCUT2D eigenvalue weighted by Crippen LogP contribution is -2.24. The number of aliphatic hydroxyl groups excluding tert-OH is 2. The molecule has 0 amide bonds. The minimum absolute atomic E-state index is 0.253. The Kier molecular flexibility index (Phi) is 6.19. The molecule has 0 aliphatic carbocycles. The summed E-state index contributed by atoms with van der Waals surface area (Å²) in [6.07, 6.45) is 0.847. The van der Waals surface area contributed by atoms with Gasteiger partial charge in [0, 0.05) is 13.1 Å². The minimum atomic E-state index is -0.398. The summed E-state index contributed by atoms with van der Waals surface area (Å²) in [7, 11) is 2.01. The highest BCUT2D eigenvalue weighted by atomic mass is 16.3. The largest absolute Gasteiger partial charge is 0.393 e. The van der Waals surface area contributed by atoms with Crippen molar-refractivity contribution in [1.82, 2.24) is 4.90 Å². The molecule has 0 saturated heterocycles. The van der Waals surface area contributed by atoms with Gasteiger partial charge in [-0.1, -0.05) is 30.3 Å². The van der Waals surface area contributed by atoms with Crippen molar-refractivity contribution >= 4 is 0 Å². The van der Waals surface area contributed by atoms with Gasteiger partial charge in [-0.15, -0.1) is 0 Å². The molecule has 0 fully saturated rings. The fourth-order valence-corrected chi connectivity index (χ4v) is 1.70. The van der Waals surface area contributed by atoms with Gasteiger partial charge in [-0.05, 0) is 32.4 Å². The molecule has 1 aromatic carbocycles. The van der Waals surface area contributed by atoms with Gasteiger partial charge >= 0.3 is 0 Å². The molecule has 3 nitrogen and oxygen atoms in total. The fraction of sp³-hybridized carbons (Fsp3) is 0.571. The minimum Gasteiger partial charge on any atom is -0.393 e. The summed E-state index contributed by atoms with van der Waals surface area (Å²) in [5.74, 6) is 0. The van der Waals surface area contributed by atoms with Crippen molar-refractivity contribution < 1.29 is 10.2 Å². The summed E-state index contributed by atoms with van der Waals surface area (Å²) in [6.45, 7) is 3.49. The first-order valence-electron chi connectivity index (χ1n) is 6.19. The van der Waals surface area contributed by atoms with Gasteiger partial charge < -0.3 is 15.1 Å². The van der Waals surface area contributed by atoms with Crippen molar-refractivity contribution in [3.63, 3.8) is 0 Å². The van der Waals surface area contributed by atoms with Gasteiger partial charge in [0.25, 0.3) is 0 Å². The predicted octanol–water partition coefficient (Wildman–Crippen LogP) is 1.81. The van der Waals surface area contributed by atoms with Crippen LogP contribution in [0.5, 0.6) is 0 Å². The molecule has 0 aliphatic heterocycles. The molecule has 17 heavy (non-hydrogen) atoms. The van der Waals surface area contributed by atoms with Crippen LogP contribution in [0, 0.1) is 0 Å². The van der Waals surface area contributed by atoms with Crippen LogP contribution in [0.25, 0.3) is 0 Å². The molecule has 1 aromatic rings. The molecule has 0 radical (unpaired) electrons. The van der Waals surface area contributed by atoms with Crippen molar-refractivity contribution in [2.45, 2.75) is 32.0 Å². The van der Waals surface area contributed by atoms with Crippen LogP contribution >= 0.6 is 0 Å². The highest BCUT2D eigenvalue weighted by Crippen LogP contribution is 2.15. The SMILES string of the molecule is CC(O)CCN(C)CCC(O)c1ccccc1.